The zero-order chi connectivity index (χ0) is 13.1. The third-order valence-electron chi connectivity index (χ3n) is 2.46. The van der Waals surface area contributed by atoms with Gasteiger partial charge in [-0.05, 0) is 30.2 Å². The van der Waals surface area contributed by atoms with Crippen LogP contribution < -0.4 is 5.73 Å². The minimum absolute atomic E-state index is 0.209. The molecular formula is C12H15BrFNO2. The molecule has 0 radical (unpaired) electrons. The minimum atomic E-state index is -1.31. The highest BCUT2D eigenvalue weighted by Gasteiger charge is 2.28. The van der Waals surface area contributed by atoms with Gasteiger partial charge in [0.1, 0.15) is 5.54 Å². The van der Waals surface area contributed by atoms with Crippen molar-refractivity contribution in [1.29, 1.82) is 0 Å². The molecule has 0 aliphatic heterocycles. The van der Waals surface area contributed by atoms with Gasteiger partial charge in [0.2, 0.25) is 0 Å². The second kappa shape index (κ2) is 5.60. The van der Waals surface area contributed by atoms with E-state index in [2.05, 4.69) is 15.9 Å². The lowest BCUT2D eigenvalue weighted by Gasteiger charge is -2.19. The fraction of sp³-hybridized carbons (Fsp3) is 0.417. The molecule has 0 amide bonds. The molecule has 3 nitrogen and oxygen atoms in total. The SMILES string of the molecule is C[C@](N)(Cc1cc(Br)cc(CCF)c1)C(=O)O. The number of alkyl halides is 1. The third-order valence-corrected chi connectivity index (χ3v) is 2.92. The largest absolute Gasteiger partial charge is 0.480 e. The maximum absolute atomic E-state index is 12.3. The number of hydrogen-bond acceptors (Lipinski definition) is 2. The lowest BCUT2D eigenvalue weighted by atomic mass is 9.93. The van der Waals surface area contributed by atoms with Crippen LogP contribution in [0.5, 0.6) is 0 Å². The van der Waals surface area contributed by atoms with Crippen molar-refractivity contribution in [2.75, 3.05) is 6.67 Å². The molecule has 0 saturated carbocycles. The number of carbonyl (C=O) groups is 1. The van der Waals surface area contributed by atoms with Gasteiger partial charge >= 0.3 is 5.97 Å². The Kier molecular flexibility index (Phi) is 4.65. The Morgan fingerprint density at radius 1 is 1.47 bits per heavy atom. The average molecular weight is 304 g/mol. The highest BCUT2D eigenvalue weighted by atomic mass is 79.9. The van der Waals surface area contributed by atoms with Gasteiger partial charge < -0.3 is 10.8 Å². The number of nitrogens with two attached hydrogens (primary N) is 1. The number of halogens is 2. The summed E-state index contributed by atoms with van der Waals surface area (Å²) in [6.07, 6.45) is 0.530. The summed E-state index contributed by atoms with van der Waals surface area (Å²) in [6, 6.07) is 5.41. The van der Waals surface area contributed by atoms with Crippen molar-refractivity contribution in [3.63, 3.8) is 0 Å². The zero-order valence-electron chi connectivity index (χ0n) is 9.54. The van der Waals surface area contributed by atoms with Crippen LogP contribution in [0.3, 0.4) is 0 Å². The molecule has 94 valence electrons. The highest BCUT2D eigenvalue weighted by Crippen LogP contribution is 2.20. The van der Waals surface area contributed by atoms with Crippen LogP contribution in [0, 0.1) is 0 Å². The van der Waals surface area contributed by atoms with Crippen molar-refractivity contribution in [3.05, 3.63) is 33.8 Å². The maximum Gasteiger partial charge on any atom is 0.323 e. The number of benzene rings is 1. The Labute approximate surface area is 108 Å². The molecule has 0 saturated heterocycles. The van der Waals surface area contributed by atoms with E-state index in [4.69, 9.17) is 10.8 Å². The molecule has 5 heteroatoms. The minimum Gasteiger partial charge on any atom is -0.480 e. The first-order valence-electron chi connectivity index (χ1n) is 5.22. The first-order valence-corrected chi connectivity index (χ1v) is 6.01. The fourth-order valence-corrected chi connectivity index (χ4v) is 2.16. The second-order valence-corrected chi connectivity index (χ2v) is 5.22. The quantitative estimate of drug-likeness (QED) is 0.877. The van der Waals surface area contributed by atoms with Gasteiger partial charge in [-0.15, -0.1) is 0 Å². The third kappa shape index (κ3) is 4.09. The average Bonchev–Trinajstić information content (AvgIpc) is 2.15. The standard InChI is InChI=1S/C12H15BrFNO2/c1-12(15,11(16)17)7-9-4-8(2-3-14)5-10(13)6-9/h4-6H,2-3,7,15H2,1H3,(H,16,17)/t12-/m0/s1. The summed E-state index contributed by atoms with van der Waals surface area (Å²) < 4.78 is 13.1. The Bertz CT molecular complexity index is 421. The number of aliphatic carboxylic acids is 1. The van der Waals surface area contributed by atoms with Gasteiger partial charge in [-0.2, -0.15) is 0 Å². The smallest absolute Gasteiger partial charge is 0.323 e. The lowest BCUT2D eigenvalue weighted by Crippen LogP contribution is -2.46. The molecule has 17 heavy (non-hydrogen) atoms. The summed E-state index contributed by atoms with van der Waals surface area (Å²) in [7, 11) is 0. The number of hydrogen-bond donors (Lipinski definition) is 2. The molecule has 3 N–H and O–H groups in total. The van der Waals surface area contributed by atoms with E-state index >= 15 is 0 Å². The molecule has 0 bridgehead atoms. The van der Waals surface area contributed by atoms with E-state index in [1.54, 1.807) is 12.1 Å². The Balaban J connectivity index is 2.95. The number of aryl methyl sites for hydroxylation is 1. The van der Waals surface area contributed by atoms with Gasteiger partial charge in [-0.3, -0.25) is 9.18 Å². The van der Waals surface area contributed by atoms with Gasteiger partial charge in [0.05, 0.1) is 6.67 Å². The summed E-state index contributed by atoms with van der Waals surface area (Å²) in [5.74, 6) is -1.05. The van der Waals surface area contributed by atoms with Crippen molar-refractivity contribution < 1.29 is 14.3 Å². The molecule has 0 fully saturated rings. The van der Waals surface area contributed by atoms with E-state index in [-0.39, 0.29) is 6.42 Å². The van der Waals surface area contributed by atoms with Crippen LogP contribution in [0.15, 0.2) is 22.7 Å². The van der Waals surface area contributed by atoms with Crippen molar-refractivity contribution >= 4 is 21.9 Å². The van der Waals surface area contributed by atoms with Crippen LogP contribution in [0.4, 0.5) is 4.39 Å². The predicted molar refractivity (Wildman–Crippen MR) is 67.8 cm³/mol. The van der Waals surface area contributed by atoms with E-state index in [1.165, 1.54) is 6.92 Å². The van der Waals surface area contributed by atoms with Crippen LogP contribution in [-0.2, 0) is 17.6 Å². The summed E-state index contributed by atoms with van der Waals surface area (Å²) in [6.45, 7) is 1.03. The molecular weight excluding hydrogens is 289 g/mol. The predicted octanol–water partition coefficient (Wildman–Crippen LogP) is 2.31. The van der Waals surface area contributed by atoms with E-state index in [9.17, 15) is 9.18 Å². The summed E-state index contributed by atoms with van der Waals surface area (Å²) in [5, 5.41) is 8.95. The van der Waals surface area contributed by atoms with E-state index in [0.717, 1.165) is 15.6 Å². The Morgan fingerprint density at radius 3 is 2.59 bits per heavy atom. The van der Waals surface area contributed by atoms with Gasteiger partial charge in [-0.1, -0.05) is 22.0 Å². The molecule has 0 spiro atoms. The molecule has 1 atom stereocenters. The molecule has 1 aromatic rings. The number of rotatable bonds is 5. The molecule has 0 aromatic heterocycles. The van der Waals surface area contributed by atoms with Crippen molar-refractivity contribution in [3.8, 4) is 0 Å². The summed E-state index contributed by atoms with van der Waals surface area (Å²) >= 11 is 3.32. The molecule has 0 aliphatic rings. The van der Waals surface area contributed by atoms with Crippen molar-refractivity contribution in [2.24, 2.45) is 5.73 Å². The summed E-state index contributed by atoms with van der Waals surface area (Å²) in [5.41, 5.74) is 5.98. The molecule has 0 heterocycles. The molecule has 1 aromatic carbocycles. The molecule has 0 aliphatic carbocycles. The van der Waals surface area contributed by atoms with E-state index in [0.29, 0.717) is 6.42 Å². The second-order valence-electron chi connectivity index (χ2n) is 4.31. The van der Waals surface area contributed by atoms with Crippen LogP contribution in [-0.4, -0.2) is 23.3 Å². The van der Waals surface area contributed by atoms with E-state index in [1.807, 2.05) is 6.07 Å². The number of carboxylic acid groups (broad SMARTS) is 1. The highest BCUT2D eigenvalue weighted by molar-refractivity contribution is 9.10. The van der Waals surface area contributed by atoms with Crippen LogP contribution in [0.2, 0.25) is 0 Å². The van der Waals surface area contributed by atoms with E-state index < -0.39 is 18.2 Å². The van der Waals surface area contributed by atoms with Gasteiger partial charge in [0, 0.05) is 17.3 Å². The zero-order valence-corrected chi connectivity index (χ0v) is 11.1. The number of carboxylic acids is 1. The summed E-state index contributed by atoms with van der Waals surface area (Å²) in [4.78, 5) is 10.9. The maximum atomic E-state index is 12.3. The lowest BCUT2D eigenvalue weighted by molar-refractivity contribution is -0.142. The van der Waals surface area contributed by atoms with Gasteiger partial charge in [-0.25, -0.2) is 0 Å². The van der Waals surface area contributed by atoms with Crippen molar-refractivity contribution in [2.45, 2.75) is 25.3 Å². The normalized spacial score (nSPS) is 14.4. The van der Waals surface area contributed by atoms with Crippen molar-refractivity contribution in [1.82, 2.24) is 0 Å². The first kappa shape index (κ1) is 14.1. The van der Waals surface area contributed by atoms with Crippen LogP contribution in [0.1, 0.15) is 18.1 Å². The van der Waals surface area contributed by atoms with Gasteiger partial charge in [0.15, 0.2) is 0 Å². The Morgan fingerprint density at radius 2 is 2.06 bits per heavy atom. The fourth-order valence-electron chi connectivity index (χ4n) is 1.57. The van der Waals surface area contributed by atoms with Crippen LogP contribution in [0.25, 0.3) is 0 Å². The monoisotopic (exact) mass is 303 g/mol. The van der Waals surface area contributed by atoms with Crippen LogP contribution >= 0.6 is 15.9 Å². The molecule has 0 unspecified atom stereocenters. The van der Waals surface area contributed by atoms with Gasteiger partial charge in [0.25, 0.3) is 0 Å². The topological polar surface area (TPSA) is 63.3 Å². The first-order chi connectivity index (χ1) is 7.85. The Hall–Kier alpha value is -0.940. The molecule has 1 rings (SSSR count).